The molecule has 112 valence electrons. The number of carbonyl (C=O) groups is 1. The molecule has 1 aliphatic rings. The third-order valence-electron chi connectivity index (χ3n) is 3.43. The molecule has 0 saturated heterocycles. The van der Waals surface area contributed by atoms with E-state index in [4.69, 9.17) is 5.73 Å². The summed E-state index contributed by atoms with van der Waals surface area (Å²) < 4.78 is 1.05. The molecule has 2 N–H and O–H groups in total. The van der Waals surface area contributed by atoms with E-state index in [2.05, 4.69) is 35.0 Å². The molecule has 1 amide bonds. The third kappa shape index (κ3) is 4.76. The van der Waals surface area contributed by atoms with Crippen molar-refractivity contribution in [1.82, 2.24) is 4.90 Å². The van der Waals surface area contributed by atoms with E-state index in [0.29, 0.717) is 12.6 Å². The number of hydrogen-bond donors (Lipinski definition) is 1. The summed E-state index contributed by atoms with van der Waals surface area (Å²) in [7, 11) is 0. The molecule has 1 fully saturated rings. The highest BCUT2D eigenvalue weighted by Gasteiger charge is 2.34. The van der Waals surface area contributed by atoms with Gasteiger partial charge in [-0.1, -0.05) is 41.4 Å². The van der Waals surface area contributed by atoms with Gasteiger partial charge in [-0.05, 0) is 37.0 Å². The molecule has 1 saturated carbocycles. The molecule has 1 aromatic carbocycles. The number of rotatable bonds is 6. The largest absolute Gasteiger partial charge is 0.334 e. The third-order valence-corrected chi connectivity index (χ3v) is 3.92. The Kier molecular flexibility index (Phi) is 7.00. The van der Waals surface area contributed by atoms with Gasteiger partial charge in [0.25, 0.3) is 0 Å². The van der Waals surface area contributed by atoms with Crippen molar-refractivity contribution < 1.29 is 4.79 Å². The van der Waals surface area contributed by atoms with Crippen LogP contribution in [0.1, 0.15) is 38.2 Å². The summed E-state index contributed by atoms with van der Waals surface area (Å²) in [4.78, 5) is 14.4. The van der Waals surface area contributed by atoms with Gasteiger partial charge in [-0.2, -0.15) is 0 Å². The predicted octanol–water partition coefficient (Wildman–Crippen LogP) is 3.49. The van der Waals surface area contributed by atoms with Crippen molar-refractivity contribution in [3.63, 3.8) is 0 Å². The maximum atomic E-state index is 12.4. The predicted molar refractivity (Wildman–Crippen MR) is 87.8 cm³/mol. The Hall–Kier alpha value is -0.580. The summed E-state index contributed by atoms with van der Waals surface area (Å²) in [6.45, 7) is 2.73. The van der Waals surface area contributed by atoms with Gasteiger partial charge in [0.1, 0.15) is 0 Å². The fourth-order valence-corrected chi connectivity index (χ4v) is 2.70. The van der Waals surface area contributed by atoms with E-state index in [1.54, 1.807) is 0 Å². The monoisotopic (exact) mass is 360 g/mol. The van der Waals surface area contributed by atoms with Gasteiger partial charge in [0.15, 0.2) is 0 Å². The minimum atomic E-state index is -0.349. The highest BCUT2D eigenvalue weighted by atomic mass is 79.9. The number of carbonyl (C=O) groups excluding carboxylic acids is 1. The second-order valence-corrected chi connectivity index (χ2v) is 6.14. The van der Waals surface area contributed by atoms with E-state index in [-0.39, 0.29) is 24.4 Å². The molecule has 20 heavy (non-hydrogen) atoms. The van der Waals surface area contributed by atoms with Gasteiger partial charge in [-0.3, -0.25) is 4.79 Å². The molecule has 2 rings (SSSR count). The molecule has 0 radical (unpaired) electrons. The SMILES string of the molecule is CCCC(N)C(=O)N(Cc1cccc(Br)c1)C1CC1.Cl. The molecular formula is C15H22BrClN2O. The first-order chi connectivity index (χ1) is 9.11. The zero-order chi connectivity index (χ0) is 13.8. The van der Waals surface area contributed by atoms with Gasteiger partial charge >= 0.3 is 0 Å². The van der Waals surface area contributed by atoms with Crippen LogP contribution >= 0.6 is 28.3 Å². The molecular weight excluding hydrogens is 340 g/mol. The lowest BCUT2D eigenvalue weighted by Gasteiger charge is -2.25. The molecule has 1 atom stereocenters. The van der Waals surface area contributed by atoms with E-state index >= 15 is 0 Å². The minimum Gasteiger partial charge on any atom is -0.334 e. The summed E-state index contributed by atoms with van der Waals surface area (Å²) in [5.41, 5.74) is 7.13. The first-order valence-electron chi connectivity index (χ1n) is 6.92. The summed E-state index contributed by atoms with van der Waals surface area (Å²) in [5, 5.41) is 0. The molecule has 1 aliphatic carbocycles. The van der Waals surface area contributed by atoms with Crippen LogP contribution in [0.15, 0.2) is 28.7 Å². The molecule has 1 aromatic rings. The summed E-state index contributed by atoms with van der Waals surface area (Å²) in [6, 6.07) is 8.16. The Morgan fingerprint density at radius 2 is 2.20 bits per heavy atom. The van der Waals surface area contributed by atoms with Gasteiger partial charge in [0, 0.05) is 17.1 Å². The number of amides is 1. The van der Waals surface area contributed by atoms with E-state index in [9.17, 15) is 4.79 Å². The lowest BCUT2D eigenvalue weighted by Crippen LogP contribution is -2.44. The van der Waals surface area contributed by atoms with Crippen molar-refractivity contribution in [3.8, 4) is 0 Å². The van der Waals surface area contributed by atoms with Crippen LogP contribution in [0.25, 0.3) is 0 Å². The normalized spacial score (nSPS) is 15.3. The highest BCUT2D eigenvalue weighted by molar-refractivity contribution is 9.10. The Bertz CT molecular complexity index is 451. The zero-order valence-corrected chi connectivity index (χ0v) is 14.1. The molecule has 1 unspecified atom stereocenters. The first-order valence-corrected chi connectivity index (χ1v) is 7.71. The summed E-state index contributed by atoms with van der Waals surface area (Å²) >= 11 is 3.47. The average Bonchev–Trinajstić information content (AvgIpc) is 3.20. The maximum Gasteiger partial charge on any atom is 0.240 e. The Morgan fingerprint density at radius 1 is 1.50 bits per heavy atom. The standard InChI is InChI=1S/C15H21BrN2O.ClH/c1-2-4-14(17)15(19)18(13-7-8-13)10-11-5-3-6-12(16)9-11;/h3,5-6,9,13-14H,2,4,7-8,10,17H2,1H3;1H. The number of nitrogens with zero attached hydrogens (tertiary/aromatic N) is 1. The van der Waals surface area contributed by atoms with Crippen LogP contribution in [0.2, 0.25) is 0 Å². The summed E-state index contributed by atoms with van der Waals surface area (Å²) in [5.74, 6) is 0.101. The van der Waals surface area contributed by atoms with Crippen LogP contribution in [0, 0.1) is 0 Å². The maximum absolute atomic E-state index is 12.4. The van der Waals surface area contributed by atoms with Crippen LogP contribution < -0.4 is 5.73 Å². The molecule has 0 heterocycles. The van der Waals surface area contributed by atoms with Crippen molar-refractivity contribution in [2.75, 3.05) is 0 Å². The van der Waals surface area contributed by atoms with Crippen molar-refractivity contribution in [1.29, 1.82) is 0 Å². The second-order valence-electron chi connectivity index (χ2n) is 5.22. The first kappa shape index (κ1) is 17.5. The van der Waals surface area contributed by atoms with E-state index < -0.39 is 0 Å². The van der Waals surface area contributed by atoms with Crippen molar-refractivity contribution in [2.24, 2.45) is 5.73 Å². The van der Waals surface area contributed by atoms with Gasteiger partial charge in [0.2, 0.25) is 5.91 Å². The minimum absolute atomic E-state index is 0. The number of benzene rings is 1. The smallest absolute Gasteiger partial charge is 0.240 e. The van der Waals surface area contributed by atoms with Crippen molar-refractivity contribution in [3.05, 3.63) is 34.3 Å². The molecule has 0 bridgehead atoms. The Balaban J connectivity index is 0.00000200. The van der Waals surface area contributed by atoms with E-state index in [1.165, 1.54) is 0 Å². The van der Waals surface area contributed by atoms with Crippen LogP contribution in [0.5, 0.6) is 0 Å². The number of hydrogen-bond acceptors (Lipinski definition) is 2. The van der Waals surface area contributed by atoms with Gasteiger partial charge in [0.05, 0.1) is 6.04 Å². The van der Waals surface area contributed by atoms with E-state index in [0.717, 1.165) is 35.7 Å². The lowest BCUT2D eigenvalue weighted by atomic mass is 10.1. The Morgan fingerprint density at radius 3 is 2.75 bits per heavy atom. The van der Waals surface area contributed by atoms with Crippen LogP contribution in [-0.4, -0.2) is 22.9 Å². The summed E-state index contributed by atoms with van der Waals surface area (Å²) in [6.07, 6.45) is 3.93. The topological polar surface area (TPSA) is 46.3 Å². The quantitative estimate of drug-likeness (QED) is 0.843. The van der Waals surface area contributed by atoms with Crippen LogP contribution in [-0.2, 0) is 11.3 Å². The number of halogens is 2. The second kappa shape index (κ2) is 8.01. The van der Waals surface area contributed by atoms with Gasteiger partial charge in [-0.15, -0.1) is 12.4 Å². The van der Waals surface area contributed by atoms with E-state index in [1.807, 2.05) is 17.0 Å². The van der Waals surface area contributed by atoms with Crippen LogP contribution in [0.4, 0.5) is 0 Å². The van der Waals surface area contributed by atoms with Crippen molar-refractivity contribution in [2.45, 2.75) is 51.2 Å². The Labute approximate surface area is 135 Å². The van der Waals surface area contributed by atoms with Crippen molar-refractivity contribution >= 4 is 34.2 Å². The average molecular weight is 362 g/mol. The fraction of sp³-hybridized carbons (Fsp3) is 0.533. The fourth-order valence-electron chi connectivity index (χ4n) is 2.25. The van der Waals surface area contributed by atoms with Gasteiger partial charge in [-0.25, -0.2) is 0 Å². The van der Waals surface area contributed by atoms with Gasteiger partial charge < -0.3 is 10.6 Å². The molecule has 3 nitrogen and oxygen atoms in total. The lowest BCUT2D eigenvalue weighted by molar-refractivity contribution is -0.134. The highest BCUT2D eigenvalue weighted by Crippen LogP contribution is 2.29. The van der Waals surface area contributed by atoms with Crippen LogP contribution in [0.3, 0.4) is 0 Å². The molecule has 0 aliphatic heterocycles. The zero-order valence-electron chi connectivity index (χ0n) is 11.7. The molecule has 5 heteroatoms. The molecule has 0 spiro atoms. The number of nitrogens with two attached hydrogens (primary N) is 1. The molecule has 0 aromatic heterocycles.